The van der Waals surface area contributed by atoms with Gasteiger partial charge in [0.1, 0.15) is 52.1 Å². The number of methoxy groups -OCH3 is 1. The monoisotopic (exact) mass is 669 g/mol. The minimum Gasteiger partial charge on any atom is -0.475 e. The van der Waals surface area contributed by atoms with Crippen LogP contribution in [0.15, 0.2) is 30.5 Å². The molecule has 0 radical (unpaired) electrons. The summed E-state index contributed by atoms with van der Waals surface area (Å²) in [6.07, 6.45) is 6.15. The van der Waals surface area contributed by atoms with E-state index in [4.69, 9.17) is 20.9 Å². The Bertz CT molecular complexity index is 2110. The summed E-state index contributed by atoms with van der Waals surface area (Å²) in [5, 5.41) is 11.0. The average molecular weight is 670 g/mol. The quantitative estimate of drug-likeness (QED) is 0.248. The van der Waals surface area contributed by atoms with E-state index in [2.05, 4.69) is 35.8 Å². The highest BCUT2D eigenvalue weighted by Gasteiger charge is 2.37. The first-order chi connectivity index (χ1) is 23.4. The highest BCUT2D eigenvalue weighted by Crippen LogP contribution is 2.47. The SMILES string of the molecule is COc1nc2c3c(nc(-c4cccc5sc(N)c(C#N)c45)c(F)c3n1)OCCN2C1CCc2ccnc(N)c21.FC1CC2CCCN2C1. The fourth-order valence-electron chi connectivity index (χ4n) is 7.72. The number of ether oxygens (including phenoxy) is 2. The number of nitriles is 1. The lowest BCUT2D eigenvalue weighted by Crippen LogP contribution is -2.32. The van der Waals surface area contributed by atoms with Gasteiger partial charge in [0.05, 0.1) is 25.3 Å². The minimum absolute atomic E-state index is 0.0113. The number of thiophene rings is 1. The van der Waals surface area contributed by atoms with E-state index in [0.29, 0.717) is 52.1 Å². The molecule has 14 heteroatoms. The van der Waals surface area contributed by atoms with Gasteiger partial charge in [-0.2, -0.15) is 15.2 Å². The van der Waals surface area contributed by atoms with Crippen LogP contribution in [0.3, 0.4) is 0 Å². The molecule has 1 aliphatic carbocycles. The summed E-state index contributed by atoms with van der Waals surface area (Å²) >= 11 is 1.27. The number of rotatable bonds is 3. The van der Waals surface area contributed by atoms with Crippen LogP contribution in [0.25, 0.3) is 32.2 Å². The van der Waals surface area contributed by atoms with Crippen LogP contribution in [0.5, 0.6) is 11.9 Å². The van der Waals surface area contributed by atoms with Gasteiger partial charge < -0.3 is 25.8 Å². The number of aryl methyl sites for hydroxylation is 1. The number of nitrogen functional groups attached to an aromatic ring is 2. The van der Waals surface area contributed by atoms with Crippen molar-refractivity contribution in [1.29, 1.82) is 5.26 Å². The highest BCUT2D eigenvalue weighted by molar-refractivity contribution is 7.23. The number of alkyl halides is 1. The van der Waals surface area contributed by atoms with E-state index in [1.165, 1.54) is 31.3 Å². The number of nitrogens with zero attached hydrogens (tertiary/aromatic N) is 7. The summed E-state index contributed by atoms with van der Waals surface area (Å²) in [4.78, 5) is 22.3. The molecule has 1 aromatic carbocycles. The molecule has 3 atom stereocenters. The Labute approximate surface area is 279 Å². The van der Waals surface area contributed by atoms with Crippen molar-refractivity contribution in [3.63, 3.8) is 0 Å². The molecule has 4 aliphatic rings. The van der Waals surface area contributed by atoms with Gasteiger partial charge in [-0.1, -0.05) is 12.1 Å². The maximum atomic E-state index is 16.5. The van der Waals surface area contributed by atoms with Crippen molar-refractivity contribution in [3.05, 3.63) is 53.0 Å². The van der Waals surface area contributed by atoms with Crippen LogP contribution in [-0.4, -0.2) is 70.4 Å². The normalized spacial score (nSPS) is 21.3. The van der Waals surface area contributed by atoms with Crippen LogP contribution >= 0.6 is 11.3 Å². The van der Waals surface area contributed by atoms with Crippen molar-refractivity contribution in [2.75, 3.05) is 49.7 Å². The maximum Gasteiger partial charge on any atom is 0.318 e. The van der Waals surface area contributed by atoms with Crippen molar-refractivity contribution in [1.82, 2.24) is 24.8 Å². The van der Waals surface area contributed by atoms with E-state index in [-0.39, 0.29) is 41.3 Å². The largest absolute Gasteiger partial charge is 0.475 e. The van der Waals surface area contributed by atoms with Gasteiger partial charge in [0.2, 0.25) is 5.88 Å². The Hall–Kier alpha value is -4.87. The molecule has 3 aliphatic heterocycles. The number of anilines is 3. The molecule has 7 heterocycles. The van der Waals surface area contributed by atoms with Gasteiger partial charge in [0.25, 0.3) is 0 Å². The van der Waals surface area contributed by atoms with E-state index in [1.807, 2.05) is 12.1 Å². The third-order valence-electron chi connectivity index (χ3n) is 9.81. The third kappa shape index (κ3) is 4.91. The molecule has 0 spiro atoms. The van der Waals surface area contributed by atoms with Crippen LogP contribution in [0.4, 0.5) is 25.4 Å². The van der Waals surface area contributed by atoms with Crippen molar-refractivity contribution in [3.8, 4) is 29.2 Å². The molecule has 4 aromatic heterocycles. The molecular weight excluding hydrogens is 636 g/mol. The van der Waals surface area contributed by atoms with Gasteiger partial charge in [-0.15, -0.1) is 11.3 Å². The molecule has 4 N–H and O–H groups in total. The molecule has 3 unspecified atom stereocenters. The highest BCUT2D eigenvalue weighted by atomic mass is 32.1. The second-order valence-corrected chi connectivity index (χ2v) is 13.5. The molecular formula is C34H33F2N9O2S. The number of hydrogen-bond donors (Lipinski definition) is 2. The second kappa shape index (κ2) is 12.0. The first kappa shape index (κ1) is 30.5. The van der Waals surface area contributed by atoms with Crippen molar-refractivity contribution in [2.45, 2.75) is 50.4 Å². The molecule has 246 valence electrons. The number of nitrogens with two attached hydrogens (primary N) is 2. The Morgan fingerprint density at radius 2 is 2.00 bits per heavy atom. The maximum absolute atomic E-state index is 16.5. The fourth-order valence-corrected chi connectivity index (χ4v) is 8.67. The zero-order valence-corrected chi connectivity index (χ0v) is 27.1. The summed E-state index contributed by atoms with van der Waals surface area (Å²) in [7, 11) is 1.44. The number of pyridine rings is 2. The number of hydrogen-bond acceptors (Lipinski definition) is 12. The van der Waals surface area contributed by atoms with Crippen molar-refractivity contribution >= 4 is 49.0 Å². The van der Waals surface area contributed by atoms with E-state index >= 15 is 4.39 Å². The summed E-state index contributed by atoms with van der Waals surface area (Å²) in [6.45, 7) is 2.59. The minimum atomic E-state index is -0.671. The molecule has 0 amide bonds. The fraction of sp³-hybridized carbons (Fsp3) is 0.382. The number of benzene rings is 1. The molecule has 5 aromatic rings. The number of fused-ring (bicyclic) bond motifs is 3. The van der Waals surface area contributed by atoms with E-state index < -0.39 is 12.0 Å². The molecule has 48 heavy (non-hydrogen) atoms. The Balaban J connectivity index is 0.000000321. The van der Waals surface area contributed by atoms with Crippen LogP contribution in [0.2, 0.25) is 0 Å². The van der Waals surface area contributed by atoms with E-state index in [9.17, 15) is 9.65 Å². The predicted molar refractivity (Wildman–Crippen MR) is 180 cm³/mol. The lowest BCUT2D eigenvalue weighted by Gasteiger charge is -2.30. The van der Waals surface area contributed by atoms with Crippen LogP contribution in [-0.2, 0) is 6.42 Å². The first-order valence-corrected chi connectivity index (χ1v) is 16.8. The van der Waals surface area contributed by atoms with E-state index in [0.717, 1.165) is 41.6 Å². The Morgan fingerprint density at radius 3 is 2.81 bits per heavy atom. The zero-order valence-electron chi connectivity index (χ0n) is 26.2. The molecule has 9 rings (SSSR count). The van der Waals surface area contributed by atoms with Gasteiger partial charge in [0.15, 0.2) is 5.82 Å². The van der Waals surface area contributed by atoms with Gasteiger partial charge in [-0.3, -0.25) is 4.90 Å². The second-order valence-electron chi connectivity index (χ2n) is 12.5. The van der Waals surface area contributed by atoms with Crippen molar-refractivity contribution < 1.29 is 18.3 Å². The lowest BCUT2D eigenvalue weighted by atomic mass is 10.0. The van der Waals surface area contributed by atoms with Gasteiger partial charge in [-0.25, -0.2) is 18.7 Å². The lowest BCUT2D eigenvalue weighted by molar-refractivity contribution is 0.292. The predicted octanol–water partition coefficient (Wildman–Crippen LogP) is 5.56. The standard InChI is InChI=1S/C27H21FN8O2S.C7H12FN/c1-37-27-34-22-19-25(35-27)36(15-6-5-12-7-8-32-23(30)17(12)15)9-10-38-26(19)33-21(20(22)28)13-3-2-4-16-18(13)14(11-29)24(31)39-16;8-6-4-7-2-1-3-9(7)5-6/h2-4,7-8,15H,5-6,9-10,31H2,1H3,(H2,30,32);6-7H,1-5H2. The smallest absolute Gasteiger partial charge is 0.318 e. The van der Waals surface area contributed by atoms with Crippen LogP contribution in [0.1, 0.15) is 48.4 Å². The zero-order chi connectivity index (χ0) is 33.1. The van der Waals surface area contributed by atoms with Crippen LogP contribution in [0, 0.1) is 17.1 Å². The average Bonchev–Trinajstić information content (AvgIpc) is 3.84. The Morgan fingerprint density at radius 1 is 1.12 bits per heavy atom. The summed E-state index contributed by atoms with van der Waals surface area (Å²) in [5.74, 6) is 0.459. The molecule has 0 saturated carbocycles. The molecule has 2 fully saturated rings. The van der Waals surface area contributed by atoms with E-state index in [1.54, 1.807) is 18.3 Å². The Kier molecular flexibility index (Phi) is 7.60. The van der Waals surface area contributed by atoms with Gasteiger partial charge in [-0.05, 0) is 56.3 Å². The molecule has 0 bridgehead atoms. The summed E-state index contributed by atoms with van der Waals surface area (Å²) in [5.41, 5.74) is 15.2. The van der Waals surface area contributed by atoms with Gasteiger partial charge in [0, 0.05) is 40.0 Å². The first-order valence-electron chi connectivity index (χ1n) is 16.0. The van der Waals surface area contributed by atoms with Crippen molar-refractivity contribution in [2.24, 2.45) is 0 Å². The summed E-state index contributed by atoms with van der Waals surface area (Å²) in [6, 6.07) is 9.95. The molecule has 2 saturated heterocycles. The van der Waals surface area contributed by atoms with Gasteiger partial charge >= 0.3 is 6.01 Å². The topological polar surface area (TPSA) is 152 Å². The molecule has 11 nitrogen and oxygen atoms in total. The summed E-state index contributed by atoms with van der Waals surface area (Å²) < 4.78 is 41.4. The number of aromatic nitrogens is 4. The number of halogens is 2. The third-order valence-corrected chi connectivity index (χ3v) is 10.8. The van der Waals surface area contributed by atoms with Crippen LogP contribution < -0.4 is 25.8 Å².